The first-order valence-electron chi connectivity index (χ1n) is 5.71. The third-order valence-corrected chi connectivity index (χ3v) is 3.33. The van der Waals surface area contributed by atoms with Gasteiger partial charge >= 0.3 is 0 Å². The van der Waals surface area contributed by atoms with Gasteiger partial charge in [-0.25, -0.2) is 9.67 Å². The van der Waals surface area contributed by atoms with Crippen molar-refractivity contribution >= 4 is 22.5 Å². The average Bonchev–Trinajstić information content (AvgIpc) is 2.96. The smallest absolute Gasteiger partial charge is 0.254 e. The summed E-state index contributed by atoms with van der Waals surface area (Å²) in [4.78, 5) is 8.81. The van der Waals surface area contributed by atoms with Crippen LogP contribution in [0.2, 0.25) is 5.02 Å². The Morgan fingerprint density at radius 3 is 2.79 bits per heavy atom. The summed E-state index contributed by atoms with van der Waals surface area (Å²) in [6, 6.07) is 5.63. The van der Waals surface area contributed by atoms with Crippen LogP contribution in [0.1, 0.15) is 5.56 Å². The maximum absolute atomic E-state index is 6.31. The van der Waals surface area contributed by atoms with E-state index in [4.69, 9.17) is 16.3 Å². The highest BCUT2D eigenvalue weighted by Gasteiger charge is 2.13. The number of nitrogens with zero attached hydrogens (tertiary/aromatic N) is 4. The molecule has 0 N–H and O–H groups in total. The van der Waals surface area contributed by atoms with E-state index in [9.17, 15) is 0 Å². The second-order valence-electron chi connectivity index (χ2n) is 4.08. The van der Waals surface area contributed by atoms with Crippen molar-refractivity contribution in [2.45, 2.75) is 6.92 Å². The molecule has 0 radical (unpaired) electrons. The fraction of sp³-hybridized carbons (Fsp3) is 0.154. The molecule has 0 aliphatic heterocycles. The van der Waals surface area contributed by atoms with Crippen molar-refractivity contribution in [3.05, 3.63) is 41.2 Å². The molecular formula is C13H11ClN4O. The third kappa shape index (κ3) is 1.92. The van der Waals surface area contributed by atoms with Crippen LogP contribution in [0.15, 0.2) is 30.6 Å². The van der Waals surface area contributed by atoms with Crippen molar-refractivity contribution in [2.75, 3.05) is 7.11 Å². The van der Waals surface area contributed by atoms with Crippen molar-refractivity contribution < 1.29 is 4.74 Å². The first kappa shape index (κ1) is 11.9. The molecule has 6 heteroatoms. The van der Waals surface area contributed by atoms with Crippen LogP contribution in [0.25, 0.3) is 16.9 Å². The molecule has 1 aromatic carbocycles. The van der Waals surface area contributed by atoms with E-state index in [0.717, 1.165) is 10.9 Å². The standard InChI is InChI=1S/C13H11ClN4O/c1-8-4-5-9-11(10(8)14)16-13(17-12(9)19-2)18-7-3-6-15-18/h3-7H,1-2H3. The third-order valence-electron chi connectivity index (χ3n) is 2.86. The summed E-state index contributed by atoms with van der Waals surface area (Å²) in [6.07, 6.45) is 3.43. The predicted octanol–water partition coefficient (Wildman–Crippen LogP) is 2.79. The molecule has 0 atom stereocenters. The minimum Gasteiger partial charge on any atom is -0.480 e. The Balaban J connectivity index is 2.36. The molecule has 3 aromatic rings. The number of aromatic nitrogens is 4. The minimum absolute atomic E-state index is 0.432. The zero-order valence-corrected chi connectivity index (χ0v) is 11.2. The van der Waals surface area contributed by atoms with Crippen molar-refractivity contribution in [3.63, 3.8) is 0 Å². The molecule has 19 heavy (non-hydrogen) atoms. The van der Waals surface area contributed by atoms with Crippen LogP contribution in [0.4, 0.5) is 0 Å². The number of fused-ring (bicyclic) bond motifs is 1. The van der Waals surface area contributed by atoms with Crippen molar-refractivity contribution in [1.29, 1.82) is 0 Å². The molecule has 5 nitrogen and oxygen atoms in total. The lowest BCUT2D eigenvalue weighted by Gasteiger charge is -2.09. The Labute approximate surface area is 114 Å². The minimum atomic E-state index is 0.432. The van der Waals surface area contributed by atoms with Gasteiger partial charge < -0.3 is 4.74 Å². The maximum atomic E-state index is 6.31. The fourth-order valence-electron chi connectivity index (χ4n) is 1.87. The molecule has 0 aliphatic carbocycles. The lowest BCUT2D eigenvalue weighted by atomic mass is 10.1. The summed E-state index contributed by atoms with van der Waals surface area (Å²) < 4.78 is 6.88. The van der Waals surface area contributed by atoms with Gasteiger partial charge in [0.25, 0.3) is 5.95 Å². The highest BCUT2D eigenvalue weighted by Crippen LogP contribution is 2.30. The first-order chi connectivity index (χ1) is 9.20. The van der Waals surface area contributed by atoms with Crippen molar-refractivity contribution in [3.8, 4) is 11.8 Å². The molecule has 0 amide bonds. The molecule has 2 aromatic heterocycles. The lowest BCUT2D eigenvalue weighted by molar-refractivity contribution is 0.401. The number of hydrogen-bond acceptors (Lipinski definition) is 4. The van der Waals surface area contributed by atoms with E-state index in [1.807, 2.05) is 19.1 Å². The maximum Gasteiger partial charge on any atom is 0.254 e. The molecule has 0 spiro atoms. The van der Waals surface area contributed by atoms with Gasteiger partial charge in [-0.15, -0.1) is 0 Å². The molecular weight excluding hydrogens is 264 g/mol. The summed E-state index contributed by atoms with van der Waals surface area (Å²) in [5, 5.41) is 5.50. The Morgan fingerprint density at radius 2 is 2.11 bits per heavy atom. The molecule has 3 rings (SSSR count). The van der Waals surface area contributed by atoms with E-state index in [2.05, 4.69) is 15.1 Å². The van der Waals surface area contributed by atoms with Gasteiger partial charge in [0.2, 0.25) is 5.88 Å². The Hall–Kier alpha value is -2.14. The zero-order chi connectivity index (χ0) is 13.4. The number of methoxy groups -OCH3 is 1. The highest BCUT2D eigenvalue weighted by atomic mass is 35.5. The van der Waals surface area contributed by atoms with Gasteiger partial charge in [-0.3, -0.25) is 0 Å². The summed E-state index contributed by atoms with van der Waals surface area (Å²) in [7, 11) is 1.57. The Kier molecular flexibility index (Phi) is 2.83. The highest BCUT2D eigenvalue weighted by molar-refractivity contribution is 6.36. The number of halogens is 1. The molecule has 0 saturated heterocycles. The van der Waals surface area contributed by atoms with E-state index in [0.29, 0.717) is 22.4 Å². The van der Waals surface area contributed by atoms with Crippen LogP contribution in [-0.2, 0) is 0 Å². The lowest BCUT2D eigenvalue weighted by Crippen LogP contribution is -2.04. The first-order valence-corrected chi connectivity index (χ1v) is 6.09. The van der Waals surface area contributed by atoms with Crippen LogP contribution in [-0.4, -0.2) is 26.9 Å². The van der Waals surface area contributed by atoms with E-state index >= 15 is 0 Å². The monoisotopic (exact) mass is 274 g/mol. The number of benzene rings is 1. The number of rotatable bonds is 2. The van der Waals surface area contributed by atoms with Crippen LogP contribution in [0, 0.1) is 6.92 Å². The Morgan fingerprint density at radius 1 is 1.26 bits per heavy atom. The fourth-order valence-corrected chi connectivity index (χ4v) is 2.08. The number of hydrogen-bond donors (Lipinski definition) is 0. The van der Waals surface area contributed by atoms with E-state index in [1.54, 1.807) is 30.3 Å². The van der Waals surface area contributed by atoms with E-state index in [1.165, 1.54) is 0 Å². The SMILES string of the molecule is COc1nc(-n2cccn2)nc2c(Cl)c(C)ccc12. The summed E-state index contributed by atoms with van der Waals surface area (Å²) in [5.74, 6) is 0.916. The van der Waals surface area contributed by atoms with Gasteiger partial charge in [0, 0.05) is 12.4 Å². The normalized spacial score (nSPS) is 10.9. The summed E-state index contributed by atoms with van der Waals surface area (Å²) in [6.45, 7) is 1.93. The van der Waals surface area contributed by atoms with Gasteiger partial charge in [-0.05, 0) is 24.6 Å². The predicted molar refractivity (Wildman–Crippen MR) is 73.0 cm³/mol. The molecule has 0 unspecified atom stereocenters. The van der Waals surface area contributed by atoms with Crippen LogP contribution in [0.5, 0.6) is 5.88 Å². The van der Waals surface area contributed by atoms with Gasteiger partial charge in [0.15, 0.2) is 0 Å². The molecule has 2 heterocycles. The van der Waals surface area contributed by atoms with Gasteiger partial charge in [0.1, 0.15) is 0 Å². The topological polar surface area (TPSA) is 52.8 Å². The van der Waals surface area contributed by atoms with Crippen LogP contribution >= 0.6 is 11.6 Å². The average molecular weight is 275 g/mol. The largest absolute Gasteiger partial charge is 0.480 e. The van der Waals surface area contributed by atoms with Gasteiger partial charge in [0.05, 0.1) is 23.0 Å². The van der Waals surface area contributed by atoms with E-state index in [-0.39, 0.29) is 0 Å². The van der Waals surface area contributed by atoms with Crippen LogP contribution in [0.3, 0.4) is 0 Å². The van der Waals surface area contributed by atoms with Gasteiger partial charge in [-0.2, -0.15) is 10.1 Å². The molecule has 0 saturated carbocycles. The van der Waals surface area contributed by atoms with Crippen LogP contribution < -0.4 is 4.74 Å². The summed E-state index contributed by atoms with van der Waals surface area (Å²) >= 11 is 6.31. The van der Waals surface area contributed by atoms with Gasteiger partial charge in [-0.1, -0.05) is 17.7 Å². The zero-order valence-electron chi connectivity index (χ0n) is 10.5. The van der Waals surface area contributed by atoms with Crippen molar-refractivity contribution in [2.24, 2.45) is 0 Å². The second kappa shape index (κ2) is 4.51. The number of ether oxygens (including phenoxy) is 1. The molecule has 0 fully saturated rings. The Bertz CT molecular complexity index is 740. The molecule has 0 bridgehead atoms. The molecule has 0 aliphatic rings. The van der Waals surface area contributed by atoms with E-state index < -0.39 is 0 Å². The number of aryl methyl sites for hydroxylation is 1. The second-order valence-corrected chi connectivity index (χ2v) is 4.45. The molecule has 96 valence electrons. The van der Waals surface area contributed by atoms with Crippen molar-refractivity contribution in [1.82, 2.24) is 19.7 Å². The quantitative estimate of drug-likeness (QED) is 0.721. The summed E-state index contributed by atoms with van der Waals surface area (Å²) in [5.41, 5.74) is 1.63.